The number of carboxylic acid groups (broad SMARTS) is 1. The minimum Gasteiger partial charge on any atom is -0.479 e. The van der Waals surface area contributed by atoms with Gasteiger partial charge in [-0.05, 0) is 30.7 Å². The van der Waals surface area contributed by atoms with E-state index in [1.165, 1.54) is 6.07 Å². The Morgan fingerprint density at radius 3 is 2.48 bits per heavy atom. The Kier molecular flexibility index (Phi) is 4.70. The number of ether oxygens (including phenoxy) is 2. The molecule has 1 aliphatic heterocycles. The molecule has 116 valence electrons. The van der Waals surface area contributed by atoms with Crippen LogP contribution in [0, 0.1) is 6.92 Å². The lowest BCUT2D eigenvalue weighted by atomic mass is 9.99. The summed E-state index contributed by atoms with van der Waals surface area (Å²) in [4.78, 5) is 11.0. The van der Waals surface area contributed by atoms with Gasteiger partial charge in [-0.3, -0.25) is 0 Å². The first-order chi connectivity index (χ1) is 9.81. The van der Waals surface area contributed by atoms with Gasteiger partial charge in [-0.25, -0.2) is 4.79 Å². The Morgan fingerprint density at radius 1 is 1.24 bits per heavy atom. The largest absolute Gasteiger partial charge is 0.479 e. The van der Waals surface area contributed by atoms with Crippen molar-refractivity contribution in [3.05, 3.63) is 28.8 Å². The maximum atomic E-state index is 11.0. The van der Waals surface area contributed by atoms with Crippen molar-refractivity contribution in [1.29, 1.82) is 0 Å². The van der Waals surface area contributed by atoms with Gasteiger partial charge in [0.15, 0.2) is 6.10 Å². The number of hydrogen-bond acceptors (Lipinski definition) is 6. The van der Waals surface area contributed by atoms with Crippen LogP contribution >= 0.6 is 11.6 Å². The third-order valence-corrected chi connectivity index (χ3v) is 3.62. The van der Waals surface area contributed by atoms with Crippen molar-refractivity contribution in [2.24, 2.45) is 0 Å². The quantitative estimate of drug-likeness (QED) is 0.616. The Balaban J connectivity index is 2.17. The molecular formula is C13H15ClO7. The molecule has 4 N–H and O–H groups in total. The second kappa shape index (κ2) is 6.17. The smallest absolute Gasteiger partial charge is 0.335 e. The highest BCUT2D eigenvalue weighted by Gasteiger charge is 2.48. The zero-order valence-electron chi connectivity index (χ0n) is 11.0. The zero-order chi connectivity index (χ0) is 15.7. The van der Waals surface area contributed by atoms with Crippen molar-refractivity contribution >= 4 is 17.6 Å². The van der Waals surface area contributed by atoms with Crippen LogP contribution in [0.4, 0.5) is 0 Å². The van der Waals surface area contributed by atoms with Crippen LogP contribution in [0.5, 0.6) is 5.75 Å². The van der Waals surface area contributed by atoms with Gasteiger partial charge in [0.1, 0.15) is 24.1 Å². The molecule has 0 aromatic heterocycles. The molecule has 1 heterocycles. The minimum absolute atomic E-state index is 0.286. The van der Waals surface area contributed by atoms with Crippen LogP contribution in [-0.2, 0) is 9.53 Å². The molecule has 21 heavy (non-hydrogen) atoms. The number of halogens is 1. The van der Waals surface area contributed by atoms with Gasteiger partial charge in [0.05, 0.1) is 0 Å². The number of carbonyl (C=O) groups is 1. The summed E-state index contributed by atoms with van der Waals surface area (Å²) >= 11 is 5.87. The van der Waals surface area contributed by atoms with E-state index in [2.05, 4.69) is 0 Å². The topological polar surface area (TPSA) is 116 Å². The van der Waals surface area contributed by atoms with Crippen molar-refractivity contribution in [2.45, 2.75) is 37.6 Å². The molecule has 7 nitrogen and oxygen atoms in total. The first kappa shape index (κ1) is 16.0. The Morgan fingerprint density at radius 2 is 1.90 bits per heavy atom. The molecule has 1 fully saturated rings. The van der Waals surface area contributed by atoms with Crippen molar-refractivity contribution < 1.29 is 34.7 Å². The summed E-state index contributed by atoms with van der Waals surface area (Å²) in [6, 6.07) is 4.66. The highest BCUT2D eigenvalue weighted by molar-refractivity contribution is 6.31. The normalized spacial score (nSPS) is 32.7. The van der Waals surface area contributed by atoms with E-state index in [0.717, 1.165) is 5.56 Å². The molecule has 2 rings (SSSR count). The van der Waals surface area contributed by atoms with Gasteiger partial charge in [-0.2, -0.15) is 0 Å². The van der Waals surface area contributed by atoms with E-state index in [4.69, 9.17) is 26.2 Å². The van der Waals surface area contributed by atoms with E-state index in [0.29, 0.717) is 5.02 Å². The molecule has 5 atom stereocenters. The third-order valence-electron chi connectivity index (χ3n) is 3.19. The molecule has 0 amide bonds. The van der Waals surface area contributed by atoms with E-state index in [-0.39, 0.29) is 5.75 Å². The fraction of sp³-hybridized carbons (Fsp3) is 0.462. The third kappa shape index (κ3) is 3.28. The van der Waals surface area contributed by atoms with Gasteiger partial charge in [-0.15, -0.1) is 0 Å². The van der Waals surface area contributed by atoms with Crippen LogP contribution in [0.15, 0.2) is 18.2 Å². The molecule has 1 aromatic rings. The molecular weight excluding hydrogens is 304 g/mol. The van der Waals surface area contributed by atoms with Crippen molar-refractivity contribution in [2.75, 3.05) is 0 Å². The summed E-state index contributed by atoms with van der Waals surface area (Å²) < 4.78 is 10.3. The summed E-state index contributed by atoms with van der Waals surface area (Å²) in [6.07, 6.45) is -8.15. The molecule has 0 saturated carbocycles. The minimum atomic E-state index is -1.75. The predicted octanol–water partition coefficient (Wildman–Crippen LogP) is -0.0806. The number of aliphatic hydroxyl groups is 3. The second-order valence-corrected chi connectivity index (χ2v) is 5.17. The molecule has 8 heteroatoms. The molecule has 0 bridgehead atoms. The number of aryl methyl sites for hydroxylation is 1. The number of aliphatic carboxylic acids is 1. The summed E-state index contributed by atoms with van der Waals surface area (Å²) in [5, 5.41) is 38.5. The Labute approximate surface area is 125 Å². The molecule has 0 aliphatic carbocycles. The Bertz CT molecular complexity index is 535. The van der Waals surface area contributed by atoms with E-state index < -0.39 is 36.7 Å². The van der Waals surface area contributed by atoms with Crippen LogP contribution < -0.4 is 4.74 Å². The van der Waals surface area contributed by atoms with Gasteiger partial charge in [-0.1, -0.05) is 11.6 Å². The van der Waals surface area contributed by atoms with Gasteiger partial charge >= 0.3 is 5.97 Å². The summed E-state index contributed by atoms with van der Waals surface area (Å²) in [5.74, 6) is -1.18. The lowest BCUT2D eigenvalue weighted by Crippen LogP contribution is -2.61. The highest BCUT2D eigenvalue weighted by atomic mass is 35.5. The molecule has 5 unspecified atom stereocenters. The van der Waals surface area contributed by atoms with Gasteiger partial charge in [0.25, 0.3) is 0 Å². The maximum absolute atomic E-state index is 11.0. The van der Waals surface area contributed by atoms with Crippen LogP contribution in [0.25, 0.3) is 0 Å². The van der Waals surface area contributed by atoms with Crippen LogP contribution in [-0.4, -0.2) is 57.1 Å². The second-order valence-electron chi connectivity index (χ2n) is 4.76. The first-order valence-corrected chi connectivity index (χ1v) is 6.54. The van der Waals surface area contributed by atoms with E-state index >= 15 is 0 Å². The molecule has 1 saturated heterocycles. The van der Waals surface area contributed by atoms with E-state index in [9.17, 15) is 20.1 Å². The number of benzene rings is 1. The average Bonchev–Trinajstić information content (AvgIpc) is 2.43. The number of carboxylic acids is 1. The monoisotopic (exact) mass is 318 g/mol. The summed E-state index contributed by atoms with van der Waals surface area (Å²) in [6.45, 7) is 1.74. The van der Waals surface area contributed by atoms with Crippen molar-refractivity contribution in [3.8, 4) is 5.75 Å². The molecule has 1 aliphatic rings. The molecule has 1 aromatic carbocycles. The van der Waals surface area contributed by atoms with E-state index in [1.807, 2.05) is 0 Å². The zero-order valence-corrected chi connectivity index (χ0v) is 11.8. The first-order valence-electron chi connectivity index (χ1n) is 6.16. The summed E-state index contributed by atoms with van der Waals surface area (Å²) in [7, 11) is 0. The molecule has 0 spiro atoms. The lowest BCUT2D eigenvalue weighted by molar-refractivity contribution is -0.271. The Hall–Kier alpha value is -1.38. The predicted molar refractivity (Wildman–Crippen MR) is 71.1 cm³/mol. The fourth-order valence-electron chi connectivity index (χ4n) is 1.97. The van der Waals surface area contributed by atoms with Crippen molar-refractivity contribution in [3.63, 3.8) is 0 Å². The van der Waals surface area contributed by atoms with Gasteiger partial charge in [0, 0.05) is 5.02 Å². The lowest BCUT2D eigenvalue weighted by Gasteiger charge is -2.38. The average molecular weight is 319 g/mol. The van der Waals surface area contributed by atoms with Crippen LogP contribution in [0.1, 0.15) is 5.56 Å². The summed E-state index contributed by atoms with van der Waals surface area (Å²) in [5.41, 5.74) is 0.717. The maximum Gasteiger partial charge on any atom is 0.335 e. The number of aliphatic hydroxyl groups excluding tert-OH is 3. The number of hydrogen-bond donors (Lipinski definition) is 4. The van der Waals surface area contributed by atoms with E-state index in [1.54, 1.807) is 19.1 Å². The van der Waals surface area contributed by atoms with Gasteiger partial charge < -0.3 is 29.9 Å². The fourth-order valence-corrected chi connectivity index (χ4v) is 2.09. The SMILES string of the molecule is Cc1cc(OC2OC(C(=O)O)C(O)C(O)C2O)ccc1Cl. The van der Waals surface area contributed by atoms with Crippen molar-refractivity contribution in [1.82, 2.24) is 0 Å². The van der Waals surface area contributed by atoms with Gasteiger partial charge in [0.2, 0.25) is 6.29 Å². The van der Waals surface area contributed by atoms with Crippen LogP contribution in [0.3, 0.4) is 0 Å². The molecule has 0 radical (unpaired) electrons. The standard InChI is InChI=1S/C13H15ClO7/c1-5-4-6(2-3-7(5)14)20-13-10(17)8(15)9(16)11(21-13)12(18)19/h2-4,8-11,13,15-17H,1H3,(H,18,19). The highest BCUT2D eigenvalue weighted by Crippen LogP contribution is 2.27. The van der Waals surface area contributed by atoms with Crippen LogP contribution in [0.2, 0.25) is 5.02 Å². The number of rotatable bonds is 3.